The van der Waals surface area contributed by atoms with Crippen LogP contribution in [-0.4, -0.2) is 8.75 Å². The van der Waals surface area contributed by atoms with E-state index >= 15 is 0 Å². The minimum atomic E-state index is 0.895. The van der Waals surface area contributed by atoms with Gasteiger partial charge in [0.2, 0.25) is 0 Å². The summed E-state index contributed by atoms with van der Waals surface area (Å²) in [4.78, 5) is 0. The Kier molecular flexibility index (Phi) is 3.06. The SMILES string of the molecule is C1#Cc2nsnc2CC1.CC. The highest BCUT2D eigenvalue weighted by Crippen LogP contribution is 2.09. The van der Waals surface area contributed by atoms with Crippen molar-refractivity contribution in [3.8, 4) is 11.8 Å². The van der Waals surface area contributed by atoms with Crippen molar-refractivity contribution in [3.63, 3.8) is 0 Å². The second-order valence-corrected chi connectivity index (χ2v) is 2.39. The van der Waals surface area contributed by atoms with Crippen molar-refractivity contribution in [2.75, 3.05) is 0 Å². The van der Waals surface area contributed by atoms with E-state index in [2.05, 4.69) is 20.6 Å². The molecule has 0 atom stereocenters. The van der Waals surface area contributed by atoms with Crippen LogP contribution in [0.25, 0.3) is 0 Å². The Labute approximate surface area is 71.0 Å². The van der Waals surface area contributed by atoms with Crippen LogP contribution in [0.5, 0.6) is 0 Å². The summed E-state index contributed by atoms with van der Waals surface area (Å²) < 4.78 is 8.10. The minimum Gasteiger partial charge on any atom is -0.177 e. The summed E-state index contributed by atoms with van der Waals surface area (Å²) in [5.74, 6) is 5.91. The first-order valence-corrected chi connectivity index (χ1v) is 4.50. The largest absolute Gasteiger partial charge is 0.177 e. The third-order valence-electron chi connectivity index (χ3n) is 1.25. The van der Waals surface area contributed by atoms with Crippen molar-refractivity contribution in [2.45, 2.75) is 26.7 Å². The van der Waals surface area contributed by atoms with Gasteiger partial charge >= 0.3 is 0 Å². The smallest absolute Gasteiger partial charge is 0.150 e. The molecule has 0 spiro atoms. The van der Waals surface area contributed by atoms with Crippen LogP contribution in [0.15, 0.2) is 0 Å². The molecule has 1 aliphatic rings. The topological polar surface area (TPSA) is 25.8 Å². The molecule has 0 fully saturated rings. The maximum absolute atomic E-state index is 4.08. The highest BCUT2D eigenvalue weighted by molar-refractivity contribution is 6.99. The van der Waals surface area contributed by atoms with Gasteiger partial charge in [-0.05, 0) is 5.92 Å². The Hall–Kier alpha value is -0.880. The van der Waals surface area contributed by atoms with E-state index in [1.54, 1.807) is 0 Å². The Morgan fingerprint density at radius 1 is 1.36 bits per heavy atom. The highest BCUT2D eigenvalue weighted by Gasteiger charge is 2.06. The van der Waals surface area contributed by atoms with Crippen LogP contribution in [-0.2, 0) is 6.42 Å². The molecule has 0 radical (unpaired) electrons. The molecule has 0 aromatic carbocycles. The standard InChI is InChI=1S/C6H4N2S.C2H6/c1-2-4-6-5(3-1)7-9-8-6;1-2/h1,3H2;1-2H3. The molecule has 1 aromatic rings. The summed E-state index contributed by atoms with van der Waals surface area (Å²) in [7, 11) is 0. The lowest BCUT2D eigenvalue weighted by Gasteiger charge is -1.93. The van der Waals surface area contributed by atoms with Crippen LogP contribution in [0.3, 0.4) is 0 Å². The highest BCUT2D eigenvalue weighted by atomic mass is 32.1. The number of aryl methyl sites for hydroxylation is 1. The Morgan fingerprint density at radius 2 is 2.18 bits per heavy atom. The molecule has 0 saturated heterocycles. The molecule has 2 rings (SSSR count). The van der Waals surface area contributed by atoms with Crippen molar-refractivity contribution >= 4 is 11.7 Å². The van der Waals surface area contributed by atoms with E-state index in [-0.39, 0.29) is 0 Å². The molecule has 2 nitrogen and oxygen atoms in total. The van der Waals surface area contributed by atoms with Gasteiger partial charge in [0.15, 0.2) is 0 Å². The number of nitrogens with zero attached hydrogens (tertiary/aromatic N) is 2. The number of hydrogen-bond acceptors (Lipinski definition) is 3. The van der Waals surface area contributed by atoms with Gasteiger partial charge < -0.3 is 0 Å². The molecule has 1 aromatic heterocycles. The molecule has 0 bridgehead atoms. The molecule has 11 heavy (non-hydrogen) atoms. The molecular weight excluding hydrogens is 156 g/mol. The summed E-state index contributed by atoms with van der Waals surface area (Å²) >= 11 is 1.25. The monoisotopic (exact) mass is 166 g/mol. The third kappa shape index (κ3) is 1.78. The molecule has 58 valence electrons. The van der Waals surface area contributed by atoms with Gasteiger partial charge in [-0.15, -0.1) is 0 Å². The van der Waals surface area contributed by atoms with Gasteiger partial charge in [0, 0.05) is 12.8 Å². The minimum absolute atomic E-state index is 0.895. The van der Waals surface area contributed by atoms with E-state index in [1.807, 2.05) is 13.8 Å². The van der Waals surface area contributed by atoms with E-state index in [4.69, 9.17) is 0 Å². The van der Waals surface area contributed by atoms with Gasteiger partial charge in [0.25, 0.3) is 0 Å². The lowest BCUT2D eigenvalue weighted by atomic mass is 10.1. The summed E-state index contributed by atoms with van der Waals surface area (Å²) in [6.45, 7) is 4.00. The number of fused-ring (bicyclic) bond motifs is 1. The zero-order valence-corrected chi connectivity index (χ0v) is 7.53. The first-order valence-electron chi connectivity index (χ1n) is 3.77. The van der Waals surface area contributed by atoms with E-state index in [9.17, 15) is 0 Å². The molecule has 0 aliphatic heterocycles. The second kappa shape index (κ2) is 4.09. The van der Waals surface area contributed by atoms with Gasteiger partial charge in [-0.25, -0.2) is 0 Å². The molecule has 0 saturated carbocycles. The number of rotatable bonds is 0. The number of hydrogen-bond donors (Lipinski definition) is 0. The van der Waals surface area contributed by atoms with Crippen molar-refractivity contribution in [1.29, 1.82) is 0 Å². The van der Waals surface area contributed by atoms with Crippen LogP contribution < -0.4 is 0 Å². The van der Waals surface area contributed by atoms with Crippen LogP contribution in [0.4, 0.5) is 0 Å². The fourth-order valence-electron chi connectivity index (χ4n) is 0.793. The van der Waals surface area contributed by atoms with Gasteiger partial charge in [-0.1, -0.05) is 19.8 Å². The Balaban J connectivity index is 0.000000281. The Morgan fingerprint density at radius 3 is 2.91 bits per heavy atom. The summed E-state index contributed by atoms with van der Waals surface area (Å²) in [6.07, 6.45) is 1.93. The molecule has 3 heteroatoms. The predicted molar refractivity (Wildman–Crippen MR) is 46.5 cm³/mol. The first kappa shape index (κ1) is 8.22. The average molecular weight is 166 g/mol. The molecule has 0 unspecified atom stereocenters. The van der Waals surface area contributed by atoms with Gasteiger partial charge in [-0.3, -0.25) is 0 Å². The van der Waals surface area contributed by atoms with E-state index in [1.165, 1.54) is 11.7 Å². The van der Waals surface area contributed by atoms with Crippen LogP contribution >= 0.6 is 11.7 Å². The fourth-order valence-corrected chi connectivity index (χ4v) is 1.34. The molecular formula is C8H10N2S. The summed E-state index contributed by atoms with van der Waals surface area (Å²) in [5.41, 5.74) is 1.98. The summed E-state index contributed by atoms with van der Waals surface area (Å²) in [5, 5.41) is 0. The average Bonchev–Trinajstić information content (AvgIpc) is 2.55. The predicted octanol–water partition coefficient (Wildman–Crippen LogP) is 1.86. The number of aromatic nitrogens is 2. The van der Waals surface area contributed by atoms with Gasteiger partial charge in [0.1, 0.15) is 5.69 Å². The van der Waals surface area contributed by atoms with E-state index < -0.39 is 0 Å². The summed E-state index contributed by atoms with van der Waals surface area (Å²) in [6, 6.07) is 0. The van der Waals surface area contributed by atoms with E-state index in [0.717, 1.165) is 24.2 Å². The lowest BCUT2D eigenvalue weighted by molar-refractivity contribution is 0.968. The van der Waals surface area contributed by atoms with Crippen molar-refractivity contribution < 1.29 is 0 Å². The van der Waals surface area contributed by atoms with Crippen LogP contribution in [0.2, 0.25) is 0 Å². The van der Waals surface area contributed by atoms with Crippen molar-refractivity contribution in [2.24, 2.45) is 0 Å². The van der Waals surface area contributed by atoms with Crippen LogP contribution in [0.1, 0.15) is 31.7 Å². The quantitative estimate of drug-likeness (QED) is 0.550. The fraction of sp³-hybridized carbons (Fsp3) is 0.500. The zero-order valence-electron chi connectivity index (χ0n) is 6.72. The van der Waals surface area contributed by atoms with Gasteiger partial charge in [-0.2, -0.15) is 8.75 Å². The normalized spacial score (nSPS) is 11.8. The Bertz CT molecular complexity index is 280. The molecule has 1 heterocycles. The van der Waals surface area contributed by atoms with Gasteiger partial charge in [0.05, 0.1) is 17.4 Å². The van der Waals surface area contributed by atoms with Crippen molar-refractivity contribution in [3.05, 3.63) is 11.4 Å². The molecule has 1 aliphatic carbocycles. The first-order chi connectivity index (χ1) is 5.47. The van der Waals surface area contributed by atoms with Crippen LogP contribution in [0, 0.1) is 11.8 Å². The molecule has 0 amide bonds. The maximum Gasteiger partial charge on any atom is 0.150 e. The van der Waals surface area contributed by atoms with Crippen molar-refractivity contribution in [1.82, 2.24) is 8.75 Å². The van der Waals surface area contributed by atoms with E-state index in [0.29, 0.717) is 0 Å². The lowest BCUT2D eigenvalue weighted by Crippen LogP contribution is -1.92. The second-order valence-electron chi connectivity index (χ2n) is 1.86. The zero-order chi connectivity index (χ0) is 8.10. The third-order valence-corrected chi connectivity index (χ3v) is 1.82. The maximum atomic E-state index is 4.08. The molecule has 0 N–H and O–H groups in total.